The lowest BCUT2D eigenvalue weighted by atomic mass is 10.2. The molecule has 16 heavy (non-hydrogen) atoms. The molecule has 1 aromatic carbocycles. The van der Waals surface area contributed by atoms with Gasteiger partial charge in [0, 0.05) is 19.1 Å². The van der Waals surface area contributed by atoms with Gasteiger partial charge in [0.15, 0.2) is 0 Å². The molecule has 1 rings (SSSR count). The van der Waals surface area contributed by atoms with Crippen LogP contribution in [-0.4, -0.2) is 36.5 Å². The number of benzene rings is 1. The standard InChI is InChI=1S/C11H14O5/c1-15-8-3-4-9(11(13)14)10(7-8)16-6-2-5-12/h3-4,7,12H,2,5-6H2,1H3,(H,13,14). The van der Waals surface area contributed by atoms with Crippen molar-refractivity contribution >= 4 is 5.97 Å². The van der Waals surface area contributed by atoms with Crippen LogP contribution in [0.3, 0.4) is 0 Å². The molecule has 0 aliphatic carbocycles. The van der Waals surface area contributed by atoms with Gasteiger partial charge in [-0.05, 0) is 12.1 Å². The van der Waals surface area contributed by atoms with Gasteiger partial charge in [-0.3, -0.25) is 0 Å². The van der Waals surface area contributed by atoms with Crippen LogP contribution in [0.1, 0.15) is 16.8 Å². The van der Waals surface area contributed by atoms with Crippen molar-refractivity contribution < 1.29 is 24.5 Å². The summed E-state index contributed by atoms with van der Waals surface area (Å²) >= 11 is 0. The molecule has 0 aliphatic heterocycles. The second kappa shape index (κ2) is 5.97. The molecular weight excluding hydrogens is 212 g/mol. The third kappa shape index (κ3) is 3.13. The quantitative estimate of drug-likeness (QED) is 0.712. The highest BCUT2D eigenvalue weighted by Gasteiger charge is 2.12. The fourth-order valence-corrected chi connectivity index (χ4v) is 1.17. The summed E-state index contributed by atoms with van der Waals surface area (Å²) in [6.45, 7) is 0.274. The first kappa shape index (κ1) is 12.3. The number of carbonyl (C=O) groups is 1. The molecule has 0 unspecified atom stereocenters. The van der Waals surface area contributed by atoms with Gasteiger partial charge in [0.25, 0.3) is 0 Å². The molecule has 0 aliphatic rings. The molecule has 0 radical (unpaired) electrons. The van der Waals surface area contributed by atoms with Crippen LogP contribution in [0.5, 0.6) is 11.5 Å². The average molecular weight is 226 g/mol. The van der Waals surface area contributed by atoms with Crippen molar-refractivity contribution in [2.24, 2.45) is 0 Å². The van der Waals surface area contributed by atoms with E-state index >= 15 is 0 Å². The Kier molecular flexibility index (Phi) is 4.60. The zero-order valence-electron chi connectivity index (χ0n) is 8.97. The molecule has 0 heterocycles. The Balaban J connectivity index is 2.87. The maximum Gasteiger partial charge on any atom is 0.339 e. The summed E-state index contributed by atoms with van der Waals surface area (Å²) in [6.07, 6.45) is 0.455. The largest absolute Gasteiger partial charge is 0.497 e. The van der Waals surface area contributed by atoms with E-state index in [0.717, 1.165) is 0 Å². The van der Waals surface area contributed by atoms with Gasteiger partial charge in [-0.1, -0.05) is 0 Å². The Morgan fingerprint density at radius 2 is 2.19 bits per heavy atom. The number of aromatic carboxylic acids is 1. The molecular formula is C11H14O5. The topological polar surface area (TPSA) is 76.0 Å². The molecule has 5 nitrogen and oxygen atoms in total. The number of hydrogen-bond acceptors (Lipinski definition) is 4. The van der Waals surface area contributed by atoms with Gasteiger partial charge < -0.3 is 19.7 Å². The van der Waals surface area contributed by atoms with E-state index in [1.807, 2.05) is 0 Å². The van der Waals surface area contributed by atoms with E-state index in [1.54, 1.807) is 6.07 Å². The highest BCUT2D eigenvalue weighted by atomic mass is 16.5. The van der Waals surface area contributed by atoms with Crippen LogP contribution in [0.4, 0.5) is 0 Å². The summed E-state index contributed by atoms with van der Waals surface area (Å²) in [5.74, 6) is -0.272. The van der Waals surface area contributed by atoms with Crippen molar-refractivity contribution in [3.8, 4) is 11.5 Å². The van der Waals surface area contributed by atoms with Crippen molar-refractivity contribution in [2.75, 3.05) is 20.3 Å². The number of hydrogen-bond donors (Lipinski definition) is 2. The van der Waals surface area contributed by atoms with Gasteiger partial charge in [-0.2, -0.15) is 0 Å². The summed E-state index contributed by atoms with van der Waals surface area (Å²) < 4.78 is 10.2. The van der Waals surface area contributed by atoms with Crippen LogP contribution < -0.4 is 9.47 Å². The summed E-state index contributed by atoms with van der Waals surface area (Å²) in [5, 5.41) is 17.5. The number of aliphatic hydroxyl groups excluding tert-OH is 1. The number of carboxylic acids is 1. The lowest BCUT2D eigenvalue weighted by molar-refractivity contribution is 0.0692. The SMILES string of the molecule is COc1ccc(C(=O)O)c(OCCCO)c1. The van der Waals surface area contributed by atoms with Crippen LogP contribution in [0.2, 0.25) is 0 Å². The number of aliphatic hydroxyl groups is 1. The number of ether oxygens (including phenoxy) is 2. The van der Waals surface area contributed by atoms with E-state index < -0.39 is 5.97 Å². The first-order valence-corrected chi connectivity index (χ1v) is 4.84. The summed E-state index contributed by atoms with van der Waals surface area (Å²) in [4.78, 5) is 10.9. The van der Waals surface area contributed by atoms with Crippen molar-refractivity contribution in [1.29, 1.82) is 0 Å². The molecule has 0 amide bonds. The predicted molar refractivity (Wildman–Crippen MR) is 57.2 cm³/mol. The molecule has 2 N–H and O–H groups in total. The van der Waals surface area contributed by atoms with Gasteiger partial charge in [-0.15, -0.1) is 0 Å². The zero-order valence-corrected chi connectivity index (χ0v) is 8.97. The third-order valence-electron chi connectivity index (χ3n) is 1.98. The Morgan fingerprint density at radius 1 is 1.44 bits per heavy atom. The average Bonchev–Trinajstić information content (AvgIpc) is 2.29. The second-order valence-corrected chi connectivity index (χ2v) is 3.09. The van der Waals surface area contributed by atoms with Crippen LogP contribution in [0.15, 0.2) is 18.2 Å². The molecule has 5 heteroatoms. The van der Waals surface area contributed by atoms with E-state index in [2.05, 4.69) is 0 Å². The number of carboxylic acid groups (broad SMARTS) is 1. The highest BCUT2D eigenvalue weighted by Crippen LogP contribution is 2.24. The second-order valence-electron chi connectivity index (χ2n) is 3.09. The highest BCUT2D eigenvalue weighted by molar-refractivity contribution is 5.91. The van der Waals surface area contributed by atoms with Gasteiger partial charge >= 0.3 is 5.97 Å². The van der Waals surface area contributed by atoms with Crippen molar-refractivity contribution in [3.63, 3.8) is 0 Å². The Morgan fingerprint density at radius 3 is 2.75 bits per heavy atom. The molecule has 0 atom stereocenters. The minimum absolute atomic E-state index is 0.00632. The lowest BCUT2D eigenvalue weighted by Gasteiger charge is -2.10. The minimum atomic E-state index is -1.05. The first-order valence-electron chi connectivity index (χ1n) is 4.84. The maximum absolute atomic E-state index is 10.9. The van der Waals surface area contributed by atoms with Gasteiger partial charge in [-0.25, -0.2) is 4.79 Å². The lowest BCUT2D eigenvalue weighted by Crippen LogP contribution is -2.05. The van der Waals surface area contributed by atoms with E-state index in [9.17, 15) is 4.79 Å². The van der Waals surface area contributed by atoms with Gasteiger partial charge in [0.05, 0.1) is 13.7 Å². The Labute approximate surface area is 93.2 Å². The van der Waals surface area contributed by atoms with E-state index in [1.165, 1.54) is 19.2 Å². The fraction of sp³-hybridized carbons (Fsp3) is 0.364. The Hall–Kier alpha value is -1.75. The summed E-state index contributed by atoms with van der Waals surface area (Å²) in [6, 6.07) is 4.50. The normalized spacial score (nSPS) is 9.88. The number of rotatable bonds is 6. The van der Waals surface area contributed by atoms with Crippen LogP contribution in [-0.2, 0) is 0 Å². The zero-order chi connectivity index (χ0) is 12.0. The number of methoxy groups -OCH3 is 1. The van der Waals surface area contributed by atoms with Crippen LogP contribution >= 0.6 is 0 Å². The molecule has 88 valence electrons. The fourth-order valence-electron chi connectivity index (χ4n) is 1.17. The third-order valence-corrected chi connectivity index (χ3v) is 1.98. The van der Waals surface area contributed by atoms with Crippen molar-refractivity contribution in [1.82, 2.24) is 0 Å². The predicted octanol–water partition coefficient (Wildman–Crippen LogP) is 1.15. The molecule has 0 fully saturated rings. The molecule has 0 bridgehead atoms. The molecule has 0 saturated carbocycles. The minimum Gasteiger partial charge on any atom is -0.497 e. The van der Waals surface area contributed by atoms with Crippen LogP contribution in [0.25, 0.3) is 0 Å². The van der Waals surface area contributed by atoms with E-state index in [-0.39, 0.29) is 24.5 Å². The monoisotopic (exact) mass is 226 g/mol. The van der Waals surface area contributed by atoms with Crippen LogP contribution in [0, 0.1) is 0 Å². The van der Waals surface area contributed by atoms with Gasteiger partial charge in [0.1, 0.15) is 17.1 Å². The first-order chi connectivity index (χ1) is 7.69. The smallest absolute Gasteiger partial charge is 0.339 e. The Bertz CT molecular complexity index is 361. The maximum atomic E-state index is 10.9. The molecule has 0 spiro atoms. The molecule has 1 aromatic rings. The molecule has 0 aromatic heterocycles. The van der Waals surface area contributed by atoms with Crippen molar-refractivity contribution in [3.05, 3.63) is 23.8 Å². The van der Waals surface area contributed by atoms with Crippen molar-refractivity contribution in [2.45, 2.75) is 6.42 Å². The van der Waals surface area contributed by atoms with Gasteiger partial charge in [0.2, 0.25) is 0 Å². The van der Waals surface area contributed by atoms with E-state index in [0.29, 0.717) is 12.2 Å². The summed E-state index contributed by atoms with van der Waals surface area (Å²) in [7, 11) is 1.49. The summed E-state index contributed by atoms with van der Waals surface area (Å²) in [5.41, 5.74) is 0.0822. The van der Waals surface area contributed by atoms with E-state index in [4.69, 9.17) is 19.7 Å². The molecule has 0 saturated heterocycles.